The van der Waals surface area contributed by atoms with Gasteiger partial charge in [0.15, 0.2) is 0 Å². The quantitative estimate of drug-likeness (QED) is 0.887. The highest BCUT2D eigenvalue weighted by Gasteiger charge is 2.47. The Morgan fingerprint density at radius 2 is 2.04 bits per heavy atom. The molecule has 4 nitrogen and oxygen atoms in total. The van der Waals surface area contributed by atoms with E-state index in [0.29, 0.717) is 18.1 Å². The summed E-state index contributed by atoms with van der Waals surface area (Å²) >= 11 is 0. The maximum atomic E-state index is 13.7. The number of halogens is 1. The summed E-state index contributed by atoms with van der Waals surface area (Å²) in [6, 6.07) is 4.97. The Balaban J connectivity index is 1.57. The maximum Gasteiger partial charge on any atom is 0.228 e. The Bertz CT molecular complexity index is 613. The molecule has 2 fully saturated rings. The Morgan fingerprint density at radius 1 is 1.36 bits per heavy atom. The van der Waals surface area contributed by atoms with Crippen LogP contribution in [0.25, 0.3) is 0 Å². The average molecular weight is 349 g/mol. The van der Waals surface area contributed by atoms with E-state index in [9.17, 15) is 14.3 Å². The van der Waals surface area contributed by atoms with Crippen LogP contribution < -0.4 is 4.74 Å². The van der Waals surface area contributed by atoms with Gasteiger partial charge >= 0.3 is 0 Å². The van der Waals surface area contributed by atoms with Crippen molar-refractivity contribution in [3.63, 3.8) is 0 Å². The lowest BCUT2D eigenvalue weighted by atomic mass is 9.64. The largest absolute Gasteiger partial charge is 0.497 e. The van der Waals surface area contributed by atoms with Gasteiger partial charge in [-0.25, -0.2) is 4.39 Å². The van der Waals surface area contributed by atoms with Crippen LogP contribution >= 0.6 is 0 Å². The molecule has 1 amide bonds. The summed E-state index contributed by atoms with van der Waals surface area (Å²) < 4.78 is 18.9. The topological polar surface area (TPSA) is 49.8 Å². The van der Waals surface area contributed by atoms with E-state index < -0.39 is 0 Å². The van der Waals surface area contributed by atoms with Gasteiger partial charge in [-0.2, -0.15) is 0 Å². The Labute approximate surface area is 149 Å². The monoisotopic (exact) mass is 349 g/mol. The first-order valence-corrected chi connectivity index (χ1v) is 9.24. The number of methoxy groups -OCH3 is 1. The van der Waals surface area contributed by atoms with Gasteiger partial charge in [0.25, 0.3) is 0 Å². The molecule has 2 aliphatic rings. The number of rotatable bonds is 5. The van der Waals surface area contributed by atoms with Crippen molar-refractivity contribution >= 4 is 5.91 Å². The highest BCUT2D eigenvalue weighted by molar-refractivity contribution is 5.80. The van der Waals surface area contributed by atoms with Crippen LogP contribution in [0.3, 0.4) is 0 Å². The Hall–Kier alpha value is -1.62. The summed E-state index contributed by atoms with van der Waals surface area (Å²) in [5.41, 5.74) is 1.25. The number of aliphatic hydroxyl groups excluding tert-OH is 1. The lowest BCUT2D eigenvalue weighted by Gasteiger charge is -2.54. The number of amides is 1. The first-order chi connectivity index (χ1) is 12.0. The smallest absolute Gasteiger partial charge is 0.228 e. The number of likely N-dealkylation sites (tertiary alicyclic amines) is 1. The molecule has 1 saturated carbocycles. The van der Waals surface area contributed by atoms with Crippen LogP contribution in [0.4, 0.5) is 4.39 Å². The lowest BCUT2D eigenvalue weighted by molar-refractivity contribution is -0.151. The number of nitrogens with zero attached hydrogens (tertiary/aromatic N) is 1. The molecule has 1 aliphatic carbocycles. The summed E-state index contributed by atoms with van der Waals surface area (Å²) in [5, 5.41) is 9.30. The fourth-order valence-electron chi connectivity index (χ4n) is 4.38. The minimum Gasteiger partial charge on any atom is -0.497 e. The predicted molar refractivity (Wildman–Crippen MR) is 94.0 cm³/mol. The van der Waals surface area contributed by atoms with Crippen molar-refractivity contribution in [2.75, 3.05) is 26.8 Å². The molecule has 3 rings (SSSR count). The Kier molecular flexibility index (Phi) is 5.32. The second-order valence-corrected chi connectivity index (χ2v) is 7.68. The summed E-state index contributed by atoms with van der Waals surface area (Å²) in [7, 11) is 1.56. The SMILES string of the molecule is CC[C@H](CO)C(=O)N1CC2(CCC(c3cc(F)cc(OC)c3)CC2)C1. The Morgan fingerprint density at radius 3 is 2.60 bits per heavy atom. The molecular formula is C20H28FNO3. The number of aliphatic hydroxyl groups is 1. The molecular weight excluding hydrogens is 321 g/mol. The number of benzene rings is 1. The van der Waals surface area contributed by atoms with E-state index in [0.717, 1.165) is 44.3 Å². The van der Waals surface area contributed by atoms with Crippen LogP contribution in [0.15, 0.2) is 18.2 Å². The molecule has 1 aromatic rings. The second-order valence-electron chi connectivity index (χ2n) is 7.68. The van der Waals surface area contributed by atoms with Gasteiger partial charge in [-0.1, -0.05) is 6.92 Å². The van der Waals surface area contributed by atoms with E-state index in [1.165, 1.54) is 6.07 Å². The van der Waals surface area contributed by atoms with Crippen molar-refractivity contribution < 1.29 is 19.0 Å². The second kappa shape index (κ2) is 7.32. The molecule has 1 spiro atoms. The summed E-state index contributed by atoms with van der Waals surface area (Å²) in [6.07, 6.45) is 4.85. The van der Waals surface area contributed by atoms with E-state index in [4.69, 9.17) is 4.74 Å². The number of hydrogen-bond acceptors (Lipinski definition) is 3. The molecule has 5 heteroatoms. The van der Waals surface area contributed by atoms with E-state index in [-0.39, 0.29) is 29.7 Å². The number of hydrogen-bond donors (Lipinski definition) is 1. The molecule has 1 heterocycles. The van der Waals surface area contributed by atoms with Crippen molar-refractivity contribution in [3.8, 4) is 5.75 Å². The molecule has 1 atom stereocenters. The first-order valence-electron chi connectivity index (χ1n) is 9.24. The summed E-state index contributed by atoms with van der Waals surface area (Å²) in [5.74, 6) is 0.525. The standard InChI is InChI=1S/C20H28FNO3/c1-3-14(11-23)19(24)22-12-20(13-22)6-4-15(5-7-20)16-8-17(21)10-18(9-16)25-2/h8-10,14-15,23H,3-7,11-13H2,1-2H3/t14-/m1/s1. The van der Waals surface area contributed by atoms with Crippen LogP contribution in [-0.4, -0.2) is 42.7 Å². The highest BCUT2D eigenvalue weighted by Crippen LogP contribution is 2.48. The van der Waals surface area contributed by atoms with Crippen molar-refractivity contribution in [1.82, 2.24) is 4.90 Å². The third-order valence-electron chi connectivity index (χ3n) is 6.07. The average Bonchev–Trinajstić information content (AvgIpc) is 2.60. The zero-order valence-corrected chi connectivity index (χ0v) is 15.1. The number of ether oxygens (including phenoxy) is 1. The van der Waals surface area contributed by atoms with Crippen LogP contribution in [0.2, 0.25) is 0 Å². The fourth-order valence-corrected chi connectivity index (χ4v) is 4.38. The number of carbonyl (C=O) groups is 1. The molecule has 1 N–H and O–H groups in total. The van der Waals surface area contributed by atoms with Crippen molar-refractivity contribution in [3.05, 3.63) is 29.6 Å². The van der Waals surface area contributed by atoms with Crippen LogP contribution in [0, 0.1) is 17.2 Å². The van der Waals surface area contributed by atoms with E-state index in [1.54, 1.807) is 13.2 Å². The van der Waals surface area contributed by atoms with Gasteiger partial charge in [0.05, 0.1) is 19.6 Å². The van der Waals surface area contributed by atoms with Gasteiger partial charge in [0.1, 0.15) is 11.6 Å². The normalized spacial score (nSPS) is 21.0. The highest BCUT2D eigenvalue weighted by atomic mass is 19.1. The molecule has 0 radical (unpaired) electrons. The minimum absolute atomic E-state index is 0.0672. The zero-order chi connectivity index (χ0) is 18.0. The minimum atomic E-state index is -0.256. The molecule has 0 bridgehead atoms. The fraction of sp³-hybridized carbons (Fsp3) is 0.650. The molecule has 138 valence electrons. The van der Waals surface area contributed by atoms with Gasteiger partial charge in [-0.15, -0.1) is 0 Å². The van der Waals surface area contributed by atoms with Crippen LogP contribution in [0.5, 0.6) is 5.75 Å². The van der Waals surface area contributed by atoms with Crippen molar-refractivity contribution in [2.45, 2.75) is 44.9 Å². The third kappa shape index (κ3) is 3.66. The van der Waals surface area contributed by atoms with Gasteiger partial charge in [0.2, 0.25) is 5.91 Å². The van der Waals surface area contributed by atoms with Crippen molar-refractivity contribution in [1.29, 1.82) is 0 Å². The van der Waals surface area contributed by atoms with E-state index in [2.05, 4.69) is 0 Å². The van der Waals surface area contributed by atoms with Crippen LogP contribution in [0.1, 0.15) is 50.5 Å². The van der Waals surface area contributed by atoms with Crippen LogP contribution in [-0.2, 0) is 4.79 Å². The molecule has 1 aromatic carbocycles. The summed E-state index contributed by atoms with van der Waals surface area (Å²) in [6.45, 7) is 3.48. The van der Waals surface area contributed by atoms with Crippen molar-refractivity contribution in [2.24, 2.45) is 11.3 Å². The van der Waals surface area contributed by atoms with Gasteiger partial charge in [0, 0.05) is 24.6 Å². The third-order valence-corrected chi connectivity index (χ3v) is 6.07. The maximum absolute atomic E-state index is 13.7. The van der Waals surface area contributed by atoms with Gasteiger partial charge < -0.3 is 14.7 Å². The van der Waals surface area contributed by atoms with E-state index in [1.807, 2.05) is 17.9 Å². The summed E-state index contributed by atoms with van der Waals surface area (Å²) in [4.78, 5) is 14.2. The molecule has 0 unspecified atom stereocenters. The van der Waals surface area contributed by atoms with Gasteiger partial charge in [-0.3, -0.25) is 4.79 Å². The molecule has 0 aromatic heterocycles. The van der Waals surface area contributed by atoms with E-state index >= 15 is 0 Å². The molecule has 1 aliphatic heterocycles. The molecule has 25 heavy (non-hydrogen) atoms. The molecule has 1 saturated heterocycles. The predicted octanol–water partition coefficient (Wildman–Crippen LogP) is 3.34. The lowest BCUT2D eigenvalue weighted by Crippen LogP contribution is -2.60. The zero-order valence-electron chi connectivity index (χ0n) is 15.1. The van der Waals surface area contributed by atoms with Gasteiger partial charge in [-0.05, 0) is 55.7 Å². The number of carbonyl (C=O) groups excluding carboxylic acids is 1. The first kappa shape index (κ1) is 18.2.